The summed E-state index contributed by atoms with van der Waals surface area (Å²) < 4.78 is 11.2. The Kier molecular flexibility index (Phi) is 6.10. The lowest BCUT2D eigenvalue weighted by molar-refractivity contribution is -0.152. The molecule has 2 aromatic carbocycles. The van der Waals surface area contributed by atoms with E-state index in [0.29, 0.717) is 5.56 Å². The highest BCUT2D eigenvalue weighted by Crippen LogP contribution is 2.52. The topological polar surface area (TPSA) is 107 Å². The van der Waals surface area contributed by atoms with Crippen LogP contribution in [0.25, 0.3) is 0 Å². The molecule has 2 aromatic rings. The Labute approximate surface area is 209 Å². The number of fused-ring (bicyclic) bond motifs is 5. The Morgan fingerprint density at radius 3 is 2.03 bits per heavy atom. The van der Waals surface area contributed by atoms with Crippen LogP contribution >= 0.6 is 15.9 Å². The van der Waals surface area contributed by atoms with Crippen molar-refractivity contribution in [1.82, 2.24) is 4.90 Å². The maximum Gasteiger partial charge on any atom is 0.343 e. The van der Waals surface area contributed by atoms with Gasteiger partial charge in [0, 0.05) is 10.0 Å². The Morgan fingerprint density at radius 2 is 1.43 bits per heavy atom. The summed E-state index contributed by atoms with van der Waals surface area (Å²) in [6, 6.07) is 12.5. The third-order valence-electron chi connectivity index (χ3n) is 6.68. The quantitative estimate of drug-likeness (QED) is 0.175. The van der Waals surface area contributed by atoms with Gasteiger partial charge >= 0.3 is 11.9 Å². The SMILES string of the molecule is O=C(CN1C(=O)C2C3C=CC(C3)C2C1=O)OCC(=O)c1ccc(OC(=O)c2ccc(Br)cc2)cc1. The number of allylic oxidation sites excluding steroid dienone is 2. The minimum atomic E-state index is -0.819. The van der Waals surface area contributed by atoms with E-state index in [1.54, 1.807) is 24.3 Å². The van der Waals surface area contributed by atoms with Crippen LogP contribution in [-0.4, -0.2) is 47.6 Å². The highest BCUT2D eigenvalue weighted by atomic mass is 79.9. The molecule has 1 saturated heterocycles. The van der Waals surface area contributed by atoms with Crippen molar-refractivity contribution in [1.29, 1.82) is 0 Å². The molecule has 0 aromatic heterocycles. The van der Waals surface area contributed by atoms with Gasteiger partial charge in [0.1, 0.15) is 12.3 Å². The summed E-state index contributed by atoms with van der Waals surface area (Å²) >= 11 is 3.30. The molecular weight excluding hydrogens is 518 g/mol. The molecule has 4 unspecified atom stereocenters. The first-order valence-electron chi connectivity index (χ1n) is 11.1. The first kappa shape index (κ1) is 23.2. The van der Waals surface area contributed by atoms with Gasteiger partial charge in [-0.25, -0.2) is 4.79 Å². The third-order valence-corrected chi connectivity index (χ3v) is 7.21. The number of halogens is 1. The minimum absolute atomic E-state index is 0.0566. The van der Waals surface area contributed by atoms with Crippen LogP contribution in [0.5, 0.6) is 5.75 Å². The highest BCUT2D eigenvalue weighted by molar-refractivity contribution is 9.10. The Bertz CT molecular complexity index is 1220. The average molecular weight is 538 g/mol. The predicted molar refractivity (Wildman–Crippen MR) is 125 cm³/mol. The number of hydrogen-bond donors (Lipinski definition) is 0. The molecule has 1 saturated carbocycles. The summed E-state index contributed by atoms with van der Waals surface area (Å²) in [5, 5.41) is 0. The van der Waals surface area contributed by atoms with Crippen molar-refractivity contribution < 1.29 is 33.4 Å². The maximum absolute atomic E-state index is 12.7. The Balaban J connectivity index is 1.12. The number of ether oxygens (including phenoxy) is 2. The third kappa shape index (κ3) is 4.43. The number of benzene rings is 2. The zero-order valence-electron chi connectivity index (χ0n) is 18.4. The number of hydrogen-bond acceptors (Lipinski definition) is 7. The number of likely N-dealkylation sites (tertiary alicyclic amines) is 1. The zero-order valence-corrected chi connectivity index (χ0v) is 20.0. The second-order valence-electron chi connectivity index (χ2n) is 8.77. The van der Waals surface area contributed by atoms with Gasteiger partial charge in [0.25, 0.3) is 0 Å². The Morgan fingerprint density at radius 1 is 0.857 bits per heavy atom. The molecule has 0 radical (unpaired) electrons. The van der Waals surface area contributed by atoms with Gasteiger partial charge in [0.2, 0.25) is 11.8 Å². The van der Waals surface area contributed by atoms with Crippen molar-refractivity contribution in [2.45, 2.75) is 6.42 Å². The van der Waals surface area contributed by atoms with Crippen molar-refractivity contribution in [3.05, 3.63) is 76.3 Å². The fourth-order valence-electron chi connectivity index (χ4n) is 4.98. The van der Waals surface area contributed by atoms with E-state index in [9.17, 15) is 24.0 Å². The first-order chi connectivity index (χ1) is 16.8. The standard InChI is InChI=1S/C26H20BrNO7/c27-18-7-3-15(4-8-18)26(33)35-19-9-5-14(6-10-19)20(29)13-34-21(30)12-28-24(31)22-16-1-2-17(11-16)23(22)25(28)32/h1-10,16-17,22-23H,11-13H2. The maximum atomic E-state index is 12.7. The van der Waals surface area contributed by atoms with E-state index in [0.717, 1.165) is 15.8 Å². The molecule has 1 heterocycles. The molecule has 5 rings (SSSR count). The summed E-state index contributed by atoms with van der Waals surface area (Å²) in [6.07, 6.45) is 4.76. The molecule has 0 spiro atoms. The molecule has 4 atom stereocenters. The Hall–Kier alpha value is -3.59. The van der Waals surface area contributed by atoms with Crippen LogP contribution in [0.4, 0.5) is 0 Å². The van der Waals surface area contributed by atoms with E-state index >= 15 is 0 Å². The number of carbonyl (C=O) groups is 5. The van der Waals surface area contributed by atoms with Crippen LogP contribution in [0.1, 0.15) is 27.1 Å². The monoisotopic (exact) mass is 537 g/mol. The molecule has 8 nitrogen and oxygen atoms in total. The van der Waals surface area contributed by atoms with E-state index in [-0.39, 0.29) is 46.8 Å². The minimum Gasteiger partial charge on any atom is -0.456 e. The number of nitrogens with zero attached hydrogens (tertiary/aromatic N) is 1. The molecule has 9 heteroatoms. The van der Waals surface area contributed by atoms with Gasteiger partial charge in [-0.15, -0.1) is 0 Å². The molecule has 1 aliphatic heterocycles. The average Bonchev–Trinajstić information content (AvgIpc) is 3.54. The fourth-order valence-corrected chi connectivity index (χ4v) is 5.25. The number of ketones is 1. The van der Waals surface area contributed by atoms with E-state index in [1.165, 1.54) is 24.3 Å². The second-order valence-corrected chi connectivity index (χ2v) is 9.68. The van der Waals surface area contributed by atoms with Gasteiger partial charge < -0.3 is 9.47 Å². The van der Waals surface area contributed by atoms with Crippen molar-refractivity contribution >= 4 is 45.5 Å². The summed E-state index contributed by atoms with van der Waals surface area (Å²) in [7, 11) is 0. The van der Waals surface area contributed by atoms with E-state index in [1.807, 2.05) is 12.2 Å². The molecule has 0 N–H and O–H groups in total. The van der Waals surface area contributed by atoms with Crippen molar-refractivity contribution in [3.63, 3.8) is 0 Å². The molecule has 3 aliphatic rings. The summed E-state index contributed by atoms with van der Waals surface area (Å²) in [6.45, 7) is -1.03. The van der Waals surface area contributed by atoms with Crippen LogP contribution in [0.3, 0.4) is 0 Å². The van der Waals surface area contributed by atoms with Gasteiger partial charge in [0.05, 0.1) is 17.4 Å². The fraction of sp³-hybridized carbons (Fsp3) is 0.269. The summed E-state index contributed by atoms with van der Waals surface area (Å²) in [4.78, 5) is 63.1. The number of carbonyl (C=O) groups excluding carboxylic acids is 5. The number of amides is 2. The summed E-state index contributed by atoms with van der Waals surface area (Å²) in [5.41, 5.74) is 0.634. The number of esters is 2. The van der Waals surface area contributed by atoms with Gasteiger partial charge in [-0.3, -0.25) is 24.1 Å². The van der Waals surface area contributed by atoms with Crippen molar-refractivity contribution in [2.75, 3.05) is 13.2 Å². The lowest BCUT2D eigenvalue weighted by atomic mass is 9.85. The normalized spacial score (nSPS) is 24.0. The number of imide groups is 1. The first-order valence-corrected chi connectivity index (χ1v) is 11.9. The number of Topliss-reactive ketones (excluding diaryl/α,β-unsaturated/α-hetero) is 1. The number of rotatable bonds is 7. The molecule has 178 valence electrons. The lowest BCUT2D eigenvalue weighted by Gasteiger charge is -2.16. The molecule has 2 amide bonds. The van der Waals surface area contributed by atoms with Crippen LogP contribution in [0.2, 0.25) is 0 Å². The van der Waals surface area contributed by atoms with Crippen molar-refractivity contribution in [3.8, 4) is 5.75 Å². The largest absolute Gasteiger partial charge is 0.456 e. The van der Waals surface area contributed by atoms with Gasteiger partial charge in [-0.2, -0.15) is 0 Å². The van der Waals surface area contributed by atoms with Gasteiger partial charge in [-0.1, -0.05) is 28.1 Å². The van der Waals surface area contributed by atoms with Crippen LogP contribution in [0.15, 0.2) is 65.2 Å². The second kappa shape index (κ2) is 9.22. The zero-order chi connectivity index (χ0) is 24.7. The van der Waals surface area contributed by atoms with Crippen molar-refractivity contribution in [2.24, 2.45) is 23.7 Å². The molecule has 2 bridgehead atoms. The van der Waals surface area contributed by atoms with Gasteiger partial charge in [-0.05, 0) is 66.8 Å². The highest BCUT2D eigenvalue weighted by Gasteiger charge is 2.59. The lowest BCUT2D eigenvalue weighted by Crippen LogP contribution is -2.38. The predicted octanol–water partition coefficient (Wildman–Crippen LogP) is 3.20. The van der Waals surface area contributed by atoms with Crippen LogP contribution < -0.4 is 4.74 Å². The molecular formula is C26H20BrNO7. The van der Waals surface area contributed by atoms with E-state index in [2.05, 4.69) is 15.9 Å². The van der Waals surface area contributed by atoms with E-state index < -0.39 is 30.9 Å². The van der Waals surface area contributed by atoms with Gasteiger partial charge in [0.15, 0.2) is 12.4 Å². The molecule has 2 aliphatic carbocycles. The van der Waals surface area contributed by atoms with E-state index in [4.69, 9.17) is 9.47 Å². The summed E-state index contributed by atoms with van der Waals surface area (Å²) in [5.74, 6) is -2.91. The van der Waals surface area contributed by atoms with Crippen LogP contribution in [0, 0.1) is 23.7 Å². The molecule has 2 fully saturated rings. The smallest absolute Gasteiger partial charge is 0.343 e. The van der Waals surface area contributed by atoms with Crippen LogP contribution in [-0.2, 0) is 19.1 Å². The molecule has 35 heavy (non-hydrogen) atoms.